The van der Waals surface area contributed by atoms with Crippen LogP contribution in [0.25, 0.3) is 11.4 Å². The van der Waals surface area contributed by atoms with Crippen molar-refractivity contribution < 1.29 is 9.59 Å². The summed E-state index contributed by atoms with van der Waals surface area (Å²) in [6.07, 6.45) is 3.91. The zero-order chi connectivity index (χ0) is 23.9. The van der Waals surface area contributed by atoms with E-state index in [4.69, 9.17) is 11.6 Å². The topological polar surface area (TPSA) is 80.1 Å². The number of hydrogen-bond acceptors (Lipinski definition) is 5. The summed E-state index contributed by atoms with van der Waals surface area (Å²) in [7, 11) is 0. The van der Waals surface area contributed by atoms with Crippen LogP contribution in [-0.2, 0) is 17.9 Å². The highest BCUT2D eigenvalue weighted by Crippen LogP contribution is 2.25. The Morgan fingerprint density at radius 3 is 2.44 bits per heavy atom. The van der Waals surface area contributed by atoms with Gasteiger partial charge in [0.1, 0.15) is 0 Å². The fourth-order valence-electron chi connectivity index (χ4n) is 3.75. The van der Waals surface area contributed by atoms with E-state index in [0.717, 1.165) is 37.1 Å². The van der Waals surface area contributed by atoms with Gasteiger partial charge in [-0.05, 0) is 54.8 Å². The molecular formula is C25H26ClN5O2S. The minimum Gasteiger partial charge on any atom is -0.351 e. The third kappa shape index (κ3) is 5.87. The zero-order valence-electron chi connectivity index (χ0n) is 18.7. The van der Waals surface area contributed by atoms with E-state index in [9.17, 15) is 9.59 Å². The number of likely N-dealkylation sites (tertiary alicyclic amines) is 1. The maximum Gasteiger partial charge on any atom is 0.253 e. The molecule has 2 heterocycles. The fraction of sp³-hybridized carbons (Fsp3) is 0.280. The monoisotopic (exact) mass is 495 g/mol. The Morgan fingerprint density at radius 2 is 1.76 bits per heavy atom. The van der Waals surface area contributed by atoms with Crippen molar-refractivity contribution in [3.05, 3.63) is 77.3 Å². The van der Waals surface area contributed by atoms with Gasteiger partial charge in [0.15, 0.2) is 11.0 Å². The van der Waals surface area contributed by atoms with Crippen molar-refractivity contribution in [1.29, 1.82) is 0 Å². The molecule has 4 rings (SSSR count). The summed E-state index contributed by atoms with van der Waals surface area (Å²) in [5.41, 5.74) is 2.52. The van der Waals surface area contributed by atoms with Gasteiger partial charge in [0.2, 0.25) is 5.91 Å². The van der Waals surface area contributed by atoms with Gasteiger partial charge in [0, 0.05) is 42.3 Å². The summed E-state index contributed by atoms with van der Waals surface area (Å²) in [5.74, 6) is 0.874. The molecule has 0 saturated carbocycles. The van der Waals surface area contributed by atoms with Gasteiger partial charge in [-0.3, -0.25) is 14.2 Å². The van der Waals surface area contributed by atoms with Crippen LogP contribution in [0.4, 0.5) is 0 Å². The van der Waals surface area contributed by atoms with Crippen LogP contribution in [-0.4, -0.2) is 50.3 Å². The van der Waals surface area contributed by atoms with Gasteiger partial charge < -0.3 is 10.2 Å². The average molecular weight is 496 g/mol. The largest absolute Gasteiger partial charge is 0.351 e. The lowest BCUT2D eigenvalue weighted by Crippen LogP contribution is -2.27. The summed E-state index contributed by atoms with van der Waals surface area (Å²) in [5, 5.41) is 12.8. The molecule has 2 aromatic carbocycles. The number of halogens is 1. The van der Waals surface area contributed by atoms with E-state index in [-0.39, 0.29) is 17.6 Å². The van der Waals surface area contributed by atoms with Crippen LogP contribution in [0.15, 0.2) is 66.3 Å². The molecule has 2 amide bonds. The second-order valence-electron chi connectivity index (χ2n) is 7.97. The summed E-state index contributed by atoms with van der Waals surface area (Å²) >= 11 is 7.31. The highest BCUT2D eigenvalue weighted by molar-refractivity contribution is 7.99. The Kier molecular flexibility index (Phi) is 8.03. The minimum atomic E-state index is -0.108. The lowest BCUT2D eigenvalue weighted by molar-refractivity contribution is -0.118. The molecule has 1 fully saturated rings. The molecule has 1 aromatic heterocycles. The van der Waals surface area contributed by atoms with Crippen molar-refractivity contribution >= 4 is 35.2 Å². The number of hydrogen-bond donors (Lipinski definition) is 1. The van der Waals surface area contributed by atoms with Crippen LogP contribution in [0.3, 0.4) is 0 Å². The van der Waals surface area contributed by atoms with E-state index in [2.05, 4.69) is 22.1 Å². The Bertz CT molecular complexity index is 1160. The first-order valence-electron chi connectivity index (χ1n) is 11.1. The molecule has 34 heavy (non-hydrogen) atoms. The molecule has 0 bridgehead atoms. The lowest BCUT2D eigenvalue weighted by Gasteiger charge is -2.15. The van der Waals surface area contributed by atoms with E-state index >= 15 is 0 Å². The summed E-state index contributed by atoms with van der Waals surface area (Å²) in [4.78, 5) is 26.8. The predicted molar refractivity (Wildman–Crippen MR) is 135 cm³/mol. The number of thioether (sulfide) groups is 1. The number of nitrogens with zero attached hydrogens (tertiary/aromatic N) is 4. The number of amides is 2. The van der Waals surface area contributed by atoms with Gasteiger partial charge in [-0.25, -0.2) is 0 Å². The predicted octanol–water partition coefficient (Wildman–Crippen LogP) is 4.43. The highest BCUT2D eigenvalue weighted by Gasteiger charge is 2.19. The number of aromatic nitrogens is 3. The molecular weight excluding hydrogens is 470 g/mol. The second-order valence-corrected chi connectivity index (χ2v) is 9.35. The molecule has 3 aromatic rings. The van der Waals surface area contributed by atoms with Gasteiger partial charge in [-0.1, -0.05) is 41.6 Å². The minimum absolute atomic E-state index is 0.0751. The number of benzene rings is 2. The summed E-state index contributed by atoms with van der Waals surface area (Å²) in [6.45, 7) is 6.39. The average Bonchev–Trinajstić information content (AvgIpc) is 3.53. The van der Waals surface area contributed by atoms with Crippen LogP contribution in [0, 0.1) is 0 Å². The lowest BCUT2D eigenvalue weighted by atomic mass is 10.1. The summed E-state index contributed by atoms with van der Waals surface area (Å²) < 4.78 is 1.92. The Balaban J connectivity index is 1.31. The number of nitrogens with one attached hydrogen (secondary N) is 1. The molecule has 0 atom stereocenters. The number of carbonyl (C=O) groups is 2. The standard InChI is InChI=1S/C25H26ClN5O2S/c1-2-13-31-23(19-9-11-21(26)12-10-19)28-29-25(31)34-17-22(32)27-16-18-5-7-20(8-6-18)24(33)30-14-3-4-15-30/h2,5-12H,1,3-4,13-17H2,(H,27,32). The zero-order valence-corrected chi connectivity index (χ0v) is 20.3. The molecule has 176 valence electrons. The van der Waals surface area contributed by atoms with E-state index in [1.54, 1.807) is 18.2 Å². The maximum absolute atomic E-state index is 12.5. The molecule has 1 saturated heterocycles. The Labute approximate surface area is 208 Å². The first kappa shape index (κ1) is 24.0. The van der Waals surface area contributed by atoms with Crippen LogP contribution in [0.1, 0.15) is 28.8 Å². The van der Waals surface area contributed by atoms with Crippen molar-refractivity contribution in [3.63, 3.8) is 0 Å². The van der Waals surface area contributed by atoms with Crippen molar-refractivity contribution in [3.8, 4) is 11.4 Å². The first-order chi connectivity index (χ1) is 16.5. The van der Waals surface area contributed by atoms with Crippen molar-refractivity contribution in [2.45, 2.75) is 31.1 Å². The van der Waals surface area contributed by atoms with Crippen LogP contribution in [0.2, 0.25) is 5.02 Å². The SMILES string of the molecule is C=CCn1c(SCC(=O)NCc2ccc(C(=O)N3CCCC3)cc2)nnc1-c1ccc(Cl)cc1. The highest BCUT2D eigenvalue weighted by atomic mass is 35.5. The van der Waals surface area contributed by atoms with E-state index in [1.807, 2.05) is 45.9 Å². The van der Waals surface area contributed by atoms with Gasteiger partial charge in [-0.2, -0.15) is 0 Å². The number of rotatable bonds is 9. The molecule has 1 aliphatic heterocycles. The van der Waals surface area contributed by atoms with Crippen LogP contribution < -0.4 is 5.32 Å². The van der Waals surface area contributed by atoms with Crippen LogP contribution >= 0.6 is 23.4 Å². The number of allylic oxidation sites excluding steroid dienone is 1. The van der Waals surface area contributed by atoms with E-state index < -0.39 is 0 Å². The quantitative estimate of drug-likeness (QED) is 0.351. The summed E-state index contributed by atoms with van der Waals surface area (Å²) in [6, 6.07) is 14.8. The second kappa shape index (κ2) is 11.4. The van der Waals surface area contributed by atoms with Crippen molar-refractivity contribution in [2.75, 3.05) is 18.8 Å². The smallest absolute Gasteiger partial charge is 0.253 e. The molecule has 7 nitrogen and oxygen atoms in total. The third-order valence-electron chi connectivity index (χ3n) is 5.55. The maximum atomic E-state index is 12.5. The van der Waals surface area contributed by atoms with Gasteiger partial charge >= 0.3 is 0 Å². The van der Waals surface area contributed by atoms with Gasteiger partial charge in [0.05, 0.1) is 5.75 Å². The molecule has 0 unspecified atom stereocenters. The molecule has 1 N–H and O–H groups in total. The van der Waals surface area contributed by atoms with Gasteiger partial charge in [-0.15, -0.1) is 16.8 Å². The van der Waals surface area contributed by atoms with E-state index in [0.29, 0.717) is 34.7 Å². The first-order valence-corrected chi connectivity index (χ1v) is 12.5. The number of carbonyl (C=O) groups excluding carboxylic acids is 2. The Hall–Kier alpha value is -3.10. The Morgan fingerprint density at radius 1 is 1.06 bits per heavy atom. The van der Waals surface area contributed by atoms with E-state index in [1.165, 1.54) is 11.8 Å². The fourth-order valence-corrected chi connectivity index (χ4v) is 4.66. The molecule has 1 aliphatic rings. The normalized spacial score (nSPS) is 13.1. The van der Waals surface area contributed by atoms with Gasteiger partial charge in [0.25, 0.3) is 5.91 Å². The molecule has 0 radical (unpaired) electrons. The molecule has 0 aliphatic carbocycles. The van der Waals surface area contributed by atoms with Crippen molar-refractivity contribution in [2.24, 2.45) is 0 Å². The van der Waals surface area contributed by atoms with Crippen LogP contribution in [0.5, 0.6) is 0 Å². The third-order valence-corrected chi connectivity index (χ3v) is 6.77. The van der Waals surface area contributed by atoms with Crippen molar-refractivity contribution in [1.82, 2.24) is 25.0 Å². The molecule has 0 spiro atoms. The molecule has 9 heteroatoms.